The lowest BCUT2D eigenvalue weighted by Crippen LogP contribution is -2.45. The molecule has 34 heavy (non-hydrogen) atoms. The van der Waals surface area contributed by atoms with Gasteiger partial charge in [0.25, 0.3) is 5.56 Å². The van der Waals surface area contributed by atoms with Crippen molar-refractivity contribution < 1.29 is 19.1 Å². The first kappa shape index (κ1) is 25.4. The predicted octanol–water partition coefficient (Wildman–Crippen LogP) is 2.91. The van der Waals surface area contributed by atoms with Gasteiger partial charge in [-0.2, -0.15) is 0 Å². The van der Waals surface area contributed by atoms with Crippen LogP contribution in [0.25, 0.3) is 16.6 Å². The highest BCUT2D eigenvalue weighted by molar-refractivity contribution is 9.10. The van der Waals surface area contributed by atoms with Gasteiger partial charge in [0.15, 0.2) is 0 Å². The fourth-order valence-corrected chi connectivity index (χ4v) is 3.69. The molecule has 0 fully saturated rings. The number of aromatic nitrogens is 2. The Bertz CT molecular complexity index is 1200. The summed E-state index contributed by atoms with van der Waals surface area (Å²) < 4.78 is 12.5. The maximum atomic E-state index is 13.4. The topological polar surface area (TPSA) is 103 Å². The Morgan fingerprint density at radius 1 is 1.12 bits per heavy atom. The molecule has 1 N–H and O–H groups in total. The van der Waals surface area contributed by atoms with Gasteiger partial charge in [0, 0.05) is 31.1 Å². The molecule has 180 valence electrons. The molecule has 0 radical (unpaired) electrons. The number of carbonyl (C=O) groups excluding carboxylic acids is 2. The molecule has 0 bridgehead atoms. The number of hydrogen-bond donors (Lipinski definition) is 1. The molecular formula is C24H27BrN4O5. The largest absolute Gasteiger partial charge is 0.465 e. The van der Waals surface area contributed by atoms with Gasteiger partial charge in [0.05, 0.1) is 29.8 Å². The van der Waals surface area contributed by atoms with Gasteiger partial charge in [-0.1, -0.05) is 28.1 Å². The molecule has 3 rings (SSSR count). The van der Waals surface area contributed by atoms with Crippen molar-refractivity contribution in [1.82, 2.24) is 19.8 Å². The van der Waals surface area contributed by atoms with E-state index >= 15 is 0 Å². The lowest BCUT2D eigenvalue weighted by Gasteiger charge is -2.23. The first-order chi connectivity index (χ1) is 16.4. The summed E-state index contributed by atoms with van der Waals surface area (Å²) in [6, 6.07) is 14.1. The molecule has 10 heteroatoms. The molecule has 9 nitrogen and oxygen atoms in total. The summed E-state index contributed by atoms with van der Waals surface area (Å²) in [6.07, 6.45) is 0.312. The van der Waals surface area contributed by atoms with E-state index in [1.807, 2.05) is 30.3 Å². The Morgan fingerprint density at radius 3 is 2.56 bits per heavy atom. The number of amides is 2. The monoisotopic (exact) mass is 530 g/mol. The third kappa shape index (κ3) is 6.42. The Morgan fingerprint density at radius 2 is 1.85 bits per heavy atom. The minimum atomic E-state index is -0.511. The van der Waals surface area contributed by atoms with E-state index in [9.17, 15) is 14.4 Å². The maximum absolute atomic E-state index is 13.4. The van der Waals surface area contributed by atoms with Crippen LogP contribution in [-0.4, -0.2) is 66.4 Å². The van der Waals surface area contributed by atoms with Gasteiger partial charge in [0.2, 0.25) is 0 Å². The standard InChI is InChI=1S/C24H27BrN4O5/c1-3-34-22(30)16-26-24(32)28(14-15-33-2)13-12-21-27-20-7-5-4-6-19(20)23(31)29(21)18-10-8-17(25)9-11-18/h4-11H,3,12-16H2,1-2H3,(H,26,32). The van der Waals surface area contributed by atoms with Crippen LogP contribution in [0.3, 0.4) is 0 Å². The quantitative estimate of drug-likeness (QED) is 0.404. The number of esters is 1. The van der Waals surface area contributed by atoms with Gasteiger partial charge < -0.3 is 19.7 Å². The second kappa shape index (κ2) is 12.3. The first-order valence-corrected chi connectivity index (χ1v) is 11.7. The van der Waals surface area contributed by atoms with Crippen LogP contribution in [0, 0.1) is 0 Å². The van der Waals surface area contributed by atoms with Crippen LogP contribution in [0.2, 0.25) is 0 Å². The van der Waals surface area contributed by atoms with Gasteiger partial charge in [-0.25, -0.2) is 9.78 Å². The fraction of sp³-hybridized carbons (Fsp3) is 0.333. The van der Waals surface area contributed by atoms with Crippen LogP contribution in [0.4, 0.5) is 4.79 Å². The number of rotatable bonds is 10. The zero-order valence-corrected chi connectivity index (χ0v) is 20.7. The zero-order valence-electron chi connectivity index (χ0n) is 19.1. The summed E-state index contributed by atoms with van der Waals surface area (Å²) in [5, 5.41) is 3.08. The minimum Gasteiger partial charge on any atom is -0.465 e. The van der Waals surface area contributed by atoms with Crippen LogP contribution in [0.5, 0.6) is 0 Å². The Kier molecular flexibility index (Phi) is 9.17. The van der Waals surface area contributed by atoms with Crippen molar-refractivity contribution in [2.24, 2.45) is 0 Å². The highest BCUT2D eigenvalue weighted by Crippen LogP contribution is 2.17. The molecule has 0 atom stereocenters. The summed E-state index contributed by atoms with van der Waals surface area (Å²) in [5.41, 5.74) is 1.08. The van der Waals surface area contributed by atoms with Crippen molar-refractivity contribution in [1.29, 1.82) is 0 Å². The number of fused-ring (bicyclic) bond motifs is 1. The third-order valence-corrected chi connectivity index (χ3v) is 5.61. The average Bonchev–Trinajstić information content (AvgIpc) is 2.84. The number of para-hydroxylation sites is 1. The van der Waals surface area contributed by atoms with E-state index in [0.717, 1.165) is 4.47 Å². The predicted molar refractivity (Wildman–Crippen MR) is 132 cm³/mol. The summed E-state index contributed by atoms with van der Waals surface area (Å²) in [5.74, 6) is 0.00875. The van der Waals surface area contributed by atoms with E-state index in [0.29, 0.717) is 42.0 Å². The highest BCUT2D eigenvalue weighted by Gasteiger charge is 2.18. The second-order valence-electron chi connectivity index (χ2n) is 7.36. The molecule has 0 saturated heterocycles. The fourth-order valence-electron chi connectivity index (χ4n) is 3.43. The number of hydrogen-bond acceptors (Lipinski definition) is 6. The lowest BCUT2D eigenvalue weighted by molar-refractivity contribution is -0.141. The Hall–Kier alpha value is -3.24. The molecule has 0 spiro atoms. The number of nitrogens with zero attached hydrogens (tertiary/aromatic N) is 3. The molecule has 0 aliphatic rings. The molecule has 0 aliphatic carbocycles. The normalized spacial score (nSPS) is 10.8. The van der Waals surface area contributed by atoms with Crippen molar-refractivity contribution in [2.75, 3.05) is 40.0 Å². The van der Waals surface area contributed by atoms with E-state index in [1.165, 1.54) is 4.90 Å². The lowest BCUT2D eigenvalue weighted by atomic mass is 10.2. The van der Waals surface area contributed by atoms with Crippen LogP contribution in [-0.2, 0) is 20.7 Å². The maximum Gasteiger partial charge on any atom is 0.325 e. The second-order valence-corrected chi connectivity index (χ2v) is 8.27. The van der Waals surface area contributed by atoms with Crippen LogP contribution >= 0.6 is 15.9 Å². The van der Waals surface area contributed by atoms with Crippen molar-refractivity contribution >= 4 is 38.8 Å². The minimum absolute atomic E-state index is 0.182. The van der Waals surface area contributed by atoms with E-state index in [-0.39, 0.29) is 25.3 Å². The molecule has 0 aliphatic heterocycles. The molecule has 2 amide bonds. The van der Waals surface area contributed by atoms with Crippen LogP contribution in [0.15, 0.2) is 57.8 Å². The van der Waals surface area contributed by atoms with Gasteiger partial charge in [-0.05, 0) is 43.3 Å². The number of methoxy groups -OCH3 is 1. The summed E-state index contributed by atoms with van der Waals surface area (Å²) in [6.45, 7) is 2.60. The molecule has 2 aromatic carbocycles. The number of urea groups is 1. The van der Waals surface area contributed by atoms with Crippen molar-refractivity contribution in [3.63, 3.8) is 0 Å². The smallest absolute Gasteiger partial charge is 0.325 e. The number of halogens is 1. The van der Waals surface area contributed by atoms with Gasteiger partial charge in [-0.15, -0.1) is 0 Å². The van der Waals surface area contributed by atoms with Crippen molar-refractivity contribution in [2.45, 2.75) is 13.3 Å². The first-order valence-electron chi connectivity index (χ1n) is 10.9. The third-order valence-electron chi connectivity index (χ3n) is 5.08. The molecule has 0 saturated carbocycles. The Labute approximate surface area is 205 Å². The number of benzene rings is 2. The number of ether oxygens (including phenoxy) is 2. The number of carbonyl (C=O) groups is 2. The summed E-state index contributed by atoms with van der Waals surface area (Å²) >= 11 is 3.42. The van der Waals surface area contributed by atoms with Crippen molar-refractivity contribution in [3.05, 3.63) is 69.2 Å². The molecule has 1 aromatic heterocycles. The van der Waals surface area contributed by atoms with Gasteiger partial charge in [0.1, 0.15) is 12.4 Å². The molecule has 1 heterocycles. The zero-order chi connectivity index (χ0) is 24.5. The molecule has 3 aromatic rings. The van der Waals surface area contributed by atoms with E-state index in [1.54, 1.807) is 36.8 Å². The summed E-state index contributed by atoms with van der Waals surface area (Å²) in [7, 11) is 1.55. The highest BCUT2D eigenvalue weighted by atomic mass is 79.9. The average molecular weight is 531 g/mol. The van der Waals surface area contributed by atoms with E-state index in [2.05, 4.69) is 21.2 Å². The van der Waals surface area contributed by atoms with Crippen LogP contribution in [0.1, 0.15) is 12.7 Å². The van der Waals surface area contributed by atoms with E-state index < -0.39 is 12.0 Å². The van der Waals surface area contributed by atoms with Crippen molar-refractivity contribution in [3.8, 4) is 5.69 Å². The number of nitrogens with one attached hydrogen (secondary N) is 1. The molecule has 0 unspecified atom stereocenters. The van der Waals surface area contributed by atoms with Gasteiger partial charge >= 0.3 is 12.0 Å². The summed E-state index contributed by atoms with van der Waals surface area (Å²) in [4.78, 5) is 44.0. The SMILES string of the molecule is CCOC(=O)CNC(=O)N(CCOC)CCc1nc2ccccc2c(=O)n1-c1ccc(Br)cc1. The Balaban J connectivity index is 1.89. The molecular weight excluding hydrogens is 504 g/mol. The van der Waals surface area contributed by atoms with E-state index in [4.69, 9.17) is 14.5 Å². The van der Waals surface area contributed by atoms with Gasteiger partial charge in [-0.3, -0.25) is 14.2 Å². The van der Waals surface area contributed by atoms with Crippen LogP contribution < -0.4 is 10.9 Å².